The molecule has 6 heteroatoms. The van der Waals surface area contributed by atoms with Crippen molar-refractivity contribution in [3.63, 3.8) is 0 Å². The molecule has 1 atom stereocenters. The molecule has 0 aliphatic carbocycles. The minimum absolute atomic E-state index is 0.00180. The van der Waals surface area contributed by atoms with Crippen LogP contribution in [0.25, 0.3) is 0 Å². The first-order chi connectivity index (χ1) is 12.1. The molecule has 5 nitrogen and oxygen atoms in total. The number of aliphatic hydroxyl groups is 1. The Morgan fingerprint density at radius 2 is 1.92 bits per heavy atom. The van der Waals surface area contributed by atoms with E-state index in [9.17, 15) is 9.18 Å². The van der Waals surface area contributed by atoms with Crippen LogP contribution in [0.15, 0.2) is 42.5 Å². The fraction of sp³-hybridized carbons (Fsp3) is 0.368. The second-order valence-corrected chi connectivity index (χ2v) is 6.35. The monoisotopic (exact) mass is 343 g/mol. The number of aliphatic hydroxyl groups excluding tert-OH is 1. The molecule has 1 N–H and O–H groups in total. The van der Waals surface area contributed by atoms with E-state index in [2.05, 4.69) is 4.98 Å². The molecule has 2 aromatic rings. The van der Waals surface area contributed by atoms with Crippen LogP contribution in [0.1, 0.15) is 18.1 Å². The largest absolute Gasteiger partial charge is 0.392 e. The standard InChI is InChI=1S/C19H22FN3O2/c1-14-12-22(9-10-23(14)18-4-2-3-17(20)21-18)19(25)11-15-5-7-16(13-24)8-6-15/h2-8,14,24H,9-13H2,1H3. The highest BCUT2D eigenvalue weighted by Gasteiger charge is 2.27. The van der Waals surface area contributed by atoms with Gasteiger partial charge < -0.3 is 14.9 Å². The summed E-state index contributed by atoms with van der Waals surface area (Å²) in [4.78, 5) is 20.4. The number of anilines is 1. The number of carbonyl (C=O) groups excluding carboxylic acids is 1. The van der Waals surface area contributed by atoms with Crippen LogP contribution in [0, 0.1) is 5.95 Å². The predicted octanol–water partition coefficient (Wildman–Crippen LogP) is 1.99. The molecule has 25 heavy (non-hydrogen) atoms. The van der Waals surface area contributed by atoms with Crippen molar-refractivity contribution in [3.05, 3.63) is 59.5 Å². The maximum atomic E-state index is 13.3. The van der Waals surface area contributed by atoms with Crippen molar-refractivity contribution in [2.75, 3.05) is 24.5 Å². The van der Waals surface area contributed by atoms with Crippen molar-refractivity contribution in [2.24, 2.45) is 0 Å². The number of hydrogen-bond acceptors (Lipinski definition) is 4. The van der Waals surface area contributed by atoms with Crippen LogP contribution in [0.5, 0.6) is 0 Å². The van der Waals surface area contributed by atoms with E-state index >= 15 is 0 Å². The van der Waals surface area contributed by atoms with Crippen molar-refractivity contribution in [2.45, 2.75) is 26.0 Å². The first-order valence-corrected chi connectivity index (χ1v) is 8.42. The third-order valence-corrected chi connectivity index (χ3v) is 4.54. The van der Waals surface area contributed by atoms with Gasteiger partial charge in [-0.2, -0.15) is 4.39 Å². The van der Waals surface area contributed by atoms with Crippen LogP contribution in [-0.2, 0) is 17.8 Å². The van der Waals surface area contributed by atoms with Crippen molar-refractivity contribution in [3.8, 4) is 0 Å². The number of halogens is 1. The minimum Gasteiger partial charge on any atom is -0.392 e. The number of pyridine rings is 1. The summed E-state index contributed by atoms with van der Waals surface area (Å²) < 4.78 is 13.3. The molecule has 1 aliphatic heterocycles. The van der Waals surface area contributed by atoms with Gasteiger partial charge in [-0.25, -0.2) is 4.98 Å². The molecular formula is C19H22FN3O2. The summed E-state index contributed by atoms with van der Waals surface area (Å²) in [5.74, 6) is 0.198. The van der Waals surface area contributed by atoms with E-state index < -0.39 is 5.95 Å². The Labute approximate surface area is 146 Å². The Bertz CT molecular complexity index is 736. The summed E-state index contributed by atoms with van der Waals surface area (Å²) >= 11 is 0. The molecule has 1 aromatic carbocycles. The first-order valence-electron chi connectivity index (χ1n) is 8.42. The smallest absolute Gasteiger partial charge is 0.227 e. The fourth-order valence-corrected chi connectivity index (χ4v) is 3.13. The number of hydrogen-bond donors (Lipinski definition) is 1. The minimum atomic E-state index is -0.491. The summed E-state index contributed by atoms with van der Waals surface area (Å²) in [6.07, 6.45) is 0.344. The molecule has 0 saturated carbocycles. The zero-order chi connectivity index (χ0) is 17.8. The highest BCUT2D eigenvalue weighted by atomic mass is 19.1. The van der Waals surface area contributed by atoms with Crippen LogP contribution in [0.4, 0.5) is 10.2 Å². The predicted molar refractivity (Wildman–Crippen MR) is 93.7 cm³/mol. The lowest BCUT2D eigenvalue weighted by Crippen LogP contribution is -2.54. The Balaban J connectivity index is 1.60. The average molecular weight is 343 g/mol. The lowest BCUT2D eigenvalue weighted by atomic mass is 10.1. The fourth-order valence-electron chi connectivity index (χ4n) is 3.13. The van der Waals surface area contributed by atoms with Gasteiger partial charge in [0.15, 0.2) is 0 Å². The van der Waals surface area contributed by atoms with Gasteiger partial charge in [-0.15, -0.1) is 0 Å². The highest BCUT2D eigenvalue weighted by molar-refractivity contribution is 5.79. The van der Waals surface area contributed by atoms with Gasteiger partial charge in [0.1, 0.15) is 5.82 Å². The molecule has 1 amide bonds. The lowest BCUT2D eigenvalue weighted by molar-refractivity contribution is -0.131. The summed E-state index contributed by atoms with van der Waals surface area (Å²) in [5, 5.41) is 9.07. The number of rotatable bonds is 4. The van der Waals surface area contributed by atoms with Crippen molar-refractivity contribution >= 4 is 11.7 Å². The molecule has 2 heterocycles. The zero-order valence-corrected chi connectivity index (χ0v) is 14.2. The van der Waals surface area contributed by atoms with Crippen molar-refractivity contribution in [1.82, 2.24) is 9.88 Å². The van der Waals surface area contributed by atoms with E-state index in [4.69, 9.17) is 5.11 Å². The quantitative estimate of drug-likeness (QED) is 0.863. The molecule has 3 rings (SSSR count). The third kappa shape index (κ3) is 4.14. The van der Waals surface area contributed by atoms with Gasteiger partial charge in [-0.3, -0.25) is 4.79 Å². The maximum Gasteiger partial charge on any atom is 0.227 e. The Hall–Kier alpha value is -2.47. The van der Waals surface area contributed by atoms with E-state index in [0.717, 1.165) is 11.1 Å². The summed E-state index contributed by atoms with van der Waals surface area (Å²) in [7, 11) is 0. The van der Waals surface area contributed by atoms with Gasteiger partial charge >= 0.3 is 0 Å². The highest BCUT2D eigenvalue weighted by Crippen LogP contribution is 2.19. The molecule has 0 spiro atoms. The van der Waals surface area contributed by atoms with Crippen LogP contribution >= 0.6 is 0 Å². The van der Waals surface area contributed by atoms with Crippen molar-refractivity contribution in [1.29, 1.82) is 0 Å². The zero-order valence-electron chi connectivity index (χ0n) is 14.2. The van der Waals surface area contributed by atoms with Gasteiger partial charge in [0.05, 0.1) is 13.0 Å². The van der Waals surface area contributed by atoms with Gasteiger partial charge in [-0.1, -0.05) is 30.3 Å². The van der Waals surface area contributed by atoms with Crippen LogP contribution in [0.2, 0.25) is 0 Å². The van der Waals surface area contributed by atoms with Crippen LogP contribution in [0.3, 0.4) is 0 Å². The molecule has 1 unspecified atom stereocenters. The van der Waals surface area contributed by atoms with E-state index in [1.165, 1.54) is 6.07 Å². The van der Waals surface area contributed by atoms with E-state index in [1.54, 1.807) is 12.1 Å². The Kier molecular flexibility index (Phi) is 5.28. The van der Waals surface area contributed by atoms with E-state index in [0.29, 0.717) is 31.9 Å². The van der Waals surface area contributed by atoms with Gasteiger partial charge in [0.25, 0.3) is 0 Å². The number of carbonyl (C=O) groups is 1. The van der Waals surface area contributed by atoms with Crippen LogP contribution in [-0.4, -0.2) is 46.6 Å². The summed E-state index contributed by atoms with van der Waals surface area (Å²) in [5.41, 5.74) is 1.77. The number of nitrogens with zero attached hydrogens (tertiary/aromatic N) is 3. The maximum absolute atomic E-state index is 13.3. The van der Waals surface area contributed by atoms with E-state index in [-0.39, 0.29) is 18.6 Å². The molecular weight excluding hydrogens is 321 g/mol. The molecule has 132 valence electrons. The SMILES string of the molecule is CC1CN(C(=O)Cc2ccc(CO)cc2)CCN1c1cccc(F)n1. The molecule has 1 aromatic heterocycles. The van der Waals surface area contributed by atoms with Gasteiger partial charge in [0.2, 0.25) is 11.9 Å². The summed E-state index contributed by atoms with van der Waals surface area (Å²) in [6.45, 7) is 3.83. The molecule has 1 fully saturated rings. The Morgan fingerprint density at radius 1 is 1.20 bits per heavy atom. The second kappa shape index (κ2) is 7.61. The summed E-state index contributed by atoms with van der Waals surface area (Å²) in [6, 6.07) is 12.3. The topological polar surface area (TPSA) is 56.7 Å². The third-order valence-electron chi connectivity index (χ3n) is 4.54. The van der Waals surface area contributed by atoms with E-state index in [1.807, 2.05) is 41.0 Å². The van der Waals surface area contributed by atoms with Crippen LogP contribution < -0.4 is 4.90 Å². The molecule has 1 saturated heterocycles. The number of piperazine rings is 1. The van der Waals surface area contributed by atoms with Gasteiger partial charge in [-0.05, 0) is 30.2 Å². The number of aromatic nitrogens is 1. The first kappa shape index (κ1) is 17.4. The molecule has 0 radical (unpaired) electrons. The van der Waals surface area contributed by atoms with Crippen molar-refractivity contribution < 1.29 is 14.3 Å². The molecule has 1 aliphatic rings. The average Bonchev–Trinajstić information content (AvgIpc) is 2.62. The Morgan fingerprint density at radius 3 is 2.56 bits per heavy atom. The lowest BCUT2D eigenvalue weighted by Gasteiger charge is -2.40. The normalized spacial score (nSPS) is 17.6. The second-order valence-electron chi connectivity index (χ2n) is 6.35. The molecule has 0 bridgehead atoms. The van der Waals surface area contributed by atoms with Gasteiger partial charge in [0, 0.05) is 25.7 Å². The number of amides is 1. The number of benzene rings is 1.